The van der Waals surface area contributed by atoms with E-state index < -0.39 is 5.91 Å². The van der Waals surface area contributed by atoms with Crippen LogP contribution in [0.3, 0.4) is 0 Å². The summed E-state index contributed by atoms with van der Waals surface area (Å²) in [6.45, 7) is 4.84. The van der Waals surface area contributed by atoms with Crippen LogP contribution in [0.15, 0.2) is 34.3 Å². The number of nitrogens with zero attached hydrogens (tertiary/aromatic N) is 3. The van der Waals surface area contributed by atoms with Crippen molar-refractivity contribution in [1.82, 2.24) is 14.8 Å². The van der Waals surface area contributed by atoms with Crippen LogP contribution in [0.2, 0.25) is 0 Å². The molecule has 174 valence electrons. The number of primary amides is 1. The first-order valence-electron chi connectivity index (χ1n) is 10.9. The van der Waals surface area contributed by atoms with Gasteiger partial charge in [-0.05, 0) is 57.2 Å². The molecule has 0 saturated carbocycles. The SMILES string of the molecule is CCn1c(CSc2ccc(C)cc2)nnc1SCC(=O)Nc1sc2c(c1C(N)=O)CCCC2. The average Bonchev–Trinajstić information content (AvgIpc) is 3.37. The number of benzene rings is 1. The number of rotatable bonds is 9. The molecule has 7 nitrogen and oxygen atoms in total. The van der Waals surface area contributed by atoms with Gasteiger partial charge < -0.3 is 15.6 Å². The first-order valence-corrected chi connectivity index (χ1v) is 13.7. The lowest BCUT2D eigenvalue weighted by atomic mass is 9.95. The largest absolute Gasteiger partial charge is 0.365 e. The predicted octanol–water partition coefficient (Wildman–Crippen LogP) is 4.67. The number of amides is 2. The molecule has 0 saturated heterocycles. The molecule has 2 aromatic heterocycles. The number of nitrogens with one attached hydrogen (secondary N) is 1. The Labute approximate surface area is 205 Å². The van der Waals surface area contributed by atoms with Gasteiger partial charge >= 0.3 is 0 Å². The summed E-state index contributed by atoms with van der Waals surface area (Å²) in [4.78, 5) is 27.1. The van der Waals surface area contributed by atoms with Gasteiger partial charge in [-0.15, -0.1) is 33.3 Å². The summed E-state index contributed by atoms with van der Waals surface area (Å²) in [5.74, 6) is 1.12. The third-order valence-corrected chi connectivity index (χ3v) is 8.68. The van der Waals surface area contributed by atoms with Crippen molar-refractivity contribution < 1.29 is 9.59 Å². The number of carbonyl (C=O) groups excluding carboxylic acids is 2. The molecule has 0 unspecified atom stereocenters. The highest BCUT2D eigenvalue weighted by Crippen LogP contribution is 2.38. The third-order valence-electron chi connectivity index (χ3n) is 5.50. The normalized spacial score (nSPS) is 13.0. The second-order valence-corrected chi connectivity index (χ2v) is 11.0. The van der Waals surface area contributed by atoms with Crippen molar-refractivity contribution in [2.75, 3.05) is 11.1 Å². The Morgan fingerprint density at radius 1 is 1.15 bits per heavy atom. The summed E-state index contributed by atoms with van der Waals surface area (Å²) in [5.41, 5.74) is 8.37. The molecule has 3 aromatic rings. The number of aryl methyl sites for hydroxylation is 2. The first-order chi connectivity index (χ1) is 16.0. The maximum atomic E-state index is 12.7. The maximum absolute atomic E-state index is 12.7. The highest BCUT2D eigenvalue weighted by molar-refractivity contribution is 7.99. The predicted molar refractivity (Wildman–Crippen MR) is 135 cm³/mol. The molecule has 0 spiro atoms. The van der Waals surface area contributed by atoms with E-state index in [1.54, 1.807) is 11.8 Å². The zero-order chi connectivity index (χ0) is 23.4. The zero-order valence-electron chi connectivity index (χ0n) is 18.7. The van der Waals surface area contributed by atoms with Crippen LogP contribution in [0.4, 0.5) is 5.00 Å². The molecule has 0 atom stereocenters. The molecule has 1 aliphatic carbocycles. The van der Waals surface area contributed by atoms with E-state index in [2.05, 4.69) is 46.7 Å². The molecule has 10 heteroatoms. The van der Waals surface area contributed by atoms with Gasteiger partial charge in [-0.2, -0.15) is 0 Å². The van der Waals surface area contributed by atoms with Crippen molar-refractivity contribution in [2.45, 2.75) is 61.9 Å². The Morgan fingerprint density at radius 3 is 2.64 bits per heavy atom. The van der Waals surface area contributed by atoms with Crippen molar-refractivity contribution >= 4 is 51.7 Å². The summed E-state index contributed by atoms with van der Waals surface area (Å²) in [6, 6.07) is 8.41. The highest BCUT2D eigenvalue weighted by atomic mass is 32.2. The van der Waals surface area contributed by atoms with Crippen LogP contribution in [0, 0.1) is 6.92 Å². The smallest absolute Gasteiger partial charge is 0.251 e. The van der Waals surface area contributed by atoms with Gasteiger partial charge in [-0.1, -0.05) is 29.5 Å². The Balaban J connectivity index is 1.38. The molecular formula is C23H27N5O2S3. The minimum atomic E-state index is -0.473. The van der Waals surface area contributed by atoms with Crippen LogP contribution in [0.25, 0.3) is 0 Å². The van der Waals surface area contributed by atoms with Crippen LogP contribution >= 0.6 is 34.9 Å². The summed E-state index contributed by atoms with van der Waals surface area (Å²) >= 11 is 4.54. The number of hydrogen-bond acceptors (Lipinski definition) is 7. The van der Waals surface area contributed by atoms with Crippen LogP contribution in [-0.2, 0) is 29.9 Å². The minimum absolute atomic E-state index is 0.178. The van der Waals surface area contributed by atoms with Gasteiger partial charge in [0.1, 0.15) is 10.8 Å². The number of anilines is 1. The van der Waals surface area contributed by atoms with Crippen LogP contribution in [0.1, 0.15) is 52.0 Å². The Hall–Kier alpha value is -2.30. The molecular weight excluding hydrogens is 474 g/mol. The number of fused-ring (bicyclic) bond motifs is 1. The van der Waals surface area contributed by atoms with Crippen LogP contribution in [-0.4, -0.2) is 32.3 Å². The van der Waals surface area contributed by atoms with Crippen molar-refractivity contribution in [3.63, 3.8) is 0 Å². The van der Waals surface area contributed by atoms with E-state index in [0.29, 0.717) is 21.5 Å². The molecule has 0 fully saturated rings. The number of thioether (sulfide) groups is 2. The Morgan fingerprint density at radius 2 is 1.91 bits per heavy atom. The third kappa shape index (κ3) is 5.62. The van der Waals surface area contributed by atoms with Gasteiger partial charge in [-0.3, -0.25) is 9.59 Å². The van der Waals surface area contributed by atoms with Crippen LogP contribution < -0.4 is 11.1 Å². The number of aromatic nitrogens is 3. The summed E-state index contributed by atoms with van der Waals surface area (Å²) in [7, 11) is 0. The second kappa shape index (κ2) is 10.8. The van der Waals surface area contributed by atoms with Gasteiger partial charge in [0.05, 0.1) is 17.1 Å². The molecule has 3 N–H and O–H groups in total. The molecule has 0 bridgehead atoms. The second-order valence-electron chi connectivity index (χ2n) is 7.86. The van der Waals surface area contributed by atoms with Gasteiger partial charge in [0.2, 0.25) is 5.91 Å². The number of thiophene rings is 1. The van der Waals surface area contributed by atoms with Crippen molar-refractivity contribution in [3.05, 3.63) is 51.7 Å². The summed E-state index contributed by atoms with van der Waals surface area (Å²) in [6.07, 6.45) is 3.93. The van der Waals surface area contributed by atoms with E-state index in [4.69, 9.17) is 5.73 Å². The van der Waals surface area contributed by atoms with Gasteiger partial charge in [0, 0.05) is 16.3 Å². The topological polar surface area (TPSA) is 103 Å². The maximum Gasteiger partial charge on any atom is 0.251 e. The fourth-order valence-corrected chi connectivity index (χ4v) is 6.81. The van der Waals surface area contributed by atoms with Gasteiger partial charge in [0.15, 0.2) is 5.16 Å². The molecule has 1 aromatic carbocycles. The Bertz CT molecular complexity index is 1150. The van der Waals surface area contributed by atoms with Crippen LogP contribution in [0.5, 0.6) is 0 Å². The van der Waals surface area contributed by atoms with E-state index in [0.717, 1.165) is 43.6 Å². The first kappa shape index (κ1) is 23.8. The van der Waals surface area contributed by atoms with Gasteiger partial charge in [0.25, 0.3) is 5.91 Å². The zero-order valence-corrected chi connectivity index (χ0v) is 21.2. The fourth-order valence-electron chi connectivity index (χ4n) is 3.84. The standard InChI is InChI=1S/C23H27N5O2S3/c1-3-28-18(12-31-15-10-8-14(2)9-11-15)26-27-23(28)32-13-19(29)25-22-20(21(24)30)16-6-4-5-7-17(16)33-22/h8-11H,3-7,12-13H2,1-2H3,(H2,24,30)(H,25,29). The lowest BCUT2D eigenvalue weighted by Gasteiger charge is -2.11. The van der Waals surface area contributed by atoms with E-state index >= 15 is 0 Å². The molecule has 2 heterocycles. The summed E-state index contributed by atoms with van der Waals surface area (Å²) in [5, 5.41) is 12.8. The van der Waals surface area contributed by atoms with Gasteiger partial charge in [-0.25, -0.2) is 0 Å². The molecule has 0 radical (unpaired) electrons. The monoisotopic (exact) mass is 501 g/mol. The van der Waals surface area contributed by atoms with E-state index in [-0.39, 0.29) is 11.7 Å². The van der Waals surface area contributed by atoms with E-state index in [1.165, 1.54) is 38.4 Å². The quantitative estimate of drug-likeness (QED) is 0.413. The Kier molecular flexibility index (Phi) is 7.77. The summed E-state index contributed by atoms with van der Waals surface area (Å²) < 4.78 is 2.04. The lowest BCUT2D eigenvalue weighted by molar-refractivity contribution is -0.113. The van der Waals surface area contributed by atoms with Crippen molar-refractivity contribution in [3.8, 4) is 0 Å². The van der Waals surface area contributed by atoms with Crippen molar-refractivity contribution in [1.29, 1.82) is 0 Å². The minimum Gasteiger partial charge on any atom is -0.365 e. The van der Waals surface area contributed by atoms with E-state index in [9.17, 15) is 9.59 Å². The molecule has 2 amide bonds. The van der Waals surface area contributed by atoms with Crippen molar-refractivity contribution in [2.24, 2.45) is 5.73 Å². The lowest BCUT2D eigenvalue weighted by Crippen LogP contribution is -2.19. The molecule has 33 heavy (non-hydrogen) atoms. The highest BCUT2D eigenvalue weighted by Gasteiger charge is 2.25. The fraction of sp³-hybridized carbons (Fsp3) is 0.391. The average molecular weight is 502 g/mol. The number of carbonyl (C=O) groups is 2. The number of hydrogen-bond donors (Lipinski definition) is 2. The molecule has 1 aliphatic rings. The molecule has 4 rings (SSSR count). The molecule has 0 aliphatic heterocycles. The van der Waals surface area contributed by atoms with E-state index in [1.807, 2.05) is 11.5 Å². The number of nitrogens with two attached hydrogens (primary N) is 1.